The van der Waals surface area contributed by atoms with E-state index in [0.29, 0.717) is 12.1 Å². The van der Waals surface area contributed by atoms with E-state index in [1.54, 1.807) is 0 Å². The summed E-state index contributed by atoms with van der Waals surface area (Å²) in [6.45, 7) is 4.55. The number of halogens is 6. The van der Waals surface area contributed by atoms with Gasteiger partial charge in [-0.05, 0) is 6.07 Å². The van der Waals surface area contributed by atoms with Crippen molar-refractivity contribution in [2.24, 2.45) is 0 Å². The van der Waals surface area contributed by atoms with Crippen LogP contribution in [-0.4, -0.2) is 23.9 Å². The molecule has 0 spiro atoms. The zero-order chi connectivity index (χ0) is 14.5. The van der Waals surface area contributed by atoms with Crippen molar-refractivity contribution in [3.63, 3.8) is 0 Å². The Morgan fingerprint density at radius 1 is 1.05 bits per heavy atom. The molecule has 0 heterocycles. The topological polar surface area (TPSA) is 40.5 Å². The standard InChI is InChI=1S/C9H3F6.BH2O2.K/c1-4(9(13,14)15)5-2-3-6(10)8(12)7(5)11;2-1-3;/h1-3H;2-3H;/q-1;;+1. The van der Waals surface area contributed by atoms with Gasteiger partial charge in [-0.3, -0.25) is 6.58 Å². The minimum atomic E-state index is -4.99. The van der Waals surface area contributed by atoms with Gasteiger partial charge >= 0.3 is 65.2 Å². The number of alkyl halides is 3. The maximum absolute atomic E-state index is 12.8. The van der Waals surface area contributed by atoms with Crippen LogP contribution in [0.5, 0.6) is 0 Å². The molecular weight excluding hydrogens is 304 g/mol. The van der Waals surface area contributed by atoms with E-state index in [-0.39, 0.29) is 59.1 Å². The third kappa shape index (κ3) is 6.43. The summed E-state index contributed by atoms with van der Waals surface area (Å²) < 4.78 is 73.8. The van der Waals surface area contributed by atoms with E-state index in [0.717, 1.165) is 0 Å². The third-order valence-corrected chi connectivity index (χ3v) is 1.63. The van der Waals surface area contributed by atoms with Gasteiger partial charge in [0.25, 0.3) is 0 Å². The predicted molar refractivity (Wildman–Crippen MR) is 50.3 cm³/mol. The number of hydrogen-bond donors (Lipinski definition) is 2. The normalized spacial score (nSPS) is 9.89. The van der Waals surface area contributed by atoms with Crippen LogP contribution in [-0.2, 0) is 0 Å². The molecule has 2 N–H and O–H groups in total. The van der Waals surface area contributed by atoms with Gasteiger partial charge in [0.1, 0.15) is 0 Å². The van der Waals surface area contributed by atoms with E-state index in [2.05, 4.69) is 6.58 Å². The molecule has 1 aromatic carbocycles. The number of benzene rings is 1. The molecule has 0 bridgehead atoms. The van der Waals surface area contributed by atoms with Gasteiger partial charge in [0.15, 0.2) is 11.6 Å². The Bertz CT molecular complexity index is 437. The summed E-state index contributed by atoms with van der Waals surface area (Å²) in [5.74, 6) is -5.52. The molecule has 0 unspecified atom stereocenters. The SMILES string of the molecule is O[B]O.[CH-]=C(c1ccc(F)c(F)c1F)C(F)(F)F.[K+]. The van der Waals surface area contributed by atoms with Crippen LogP contribution in [0.1, 0.15) is 5.56 Å². The van der Waals surface area contributed by atoms with E-state index >= 15 is 0 Å². The van der Waals surface area contributed by atoms with Crippen molar-refractivity contribution < 1.29 is 87.8 Å². The first-order valence-corrected chi connectivity index (χ1v) is 4.10. The summed E-state index contributed by atoms with van der Waals surface area (Å²) in [6.07, 6.45) is -4.99. The summed E-state index contributed by atoms with van der Waals surface area (Å²) in [4.78, 5) is 0. The second-order valence-corrected chi connectivity index (χ2v) is 2.75. The van der Waals surface area contributed by atoms with Gasteiger partial charge in [0, 0.05) is 0 Å². The van der Waals surface area contributed by atoms with E-state index in [4.69, 9.17) is 10.0 Å². The van der Waals surface area contributed by atoms with Gasteiger partial charge in [0.2, 0.25) is 0 Å². The monoisotopic (exact) mass is 309 g/mol. The van der Waals surface area contributed by atoms with Crippen molar-refractivity contribution in [2.45, 2.75) is 6.18 Å². The Hall–Kier alpha value is 0.161. The zero-order valence-corrected chi connectivity index (χ0v) is 12.6. The average Bonchev–Trinajstić information content (AvgIpc) is 2.25. The first-order valence-electron chi connectivity index (χ1n) is 4.10. The fraction of sp³-hybridized carbons (Fsp3) is 0.111. The summed E-state index contributed by atoms with van der Waals surface area (Å²) in [7, 11) is 0. The van der Waals surface area contributed by atoms with Crippen LogP contribution in [0.3, 0.4) is 0 Å². The van der Waals surface area contributed by atoms with Gasteiger partial charge in [-0.15, -0.1) is 17.2 Å². The molecular formula is C9H5BF6KO2. The van der Waals surface area contributed by atoms with E-state index in [1.807, 2.05) is 0 Å². The van der Waals surface area contributed by atoms with Crippen LogP contribution in [0.15, 0.2) is 12.1 Å². The largest absolute Gasteiger partial charge is 1.00 e. The zero-order valence-electron chi connectivity index (χ0n) is 9.47. The van der Waals surface area contributed by atoms with Crippen LogP contribution in [0.2, 0.25) is 0 Å². The molecule has 99 valence electrons. The van der Waals surface area contributed by atoms with Crippen molar-refractivity contribution >= 4 is 13.3 Å². The molecule has 0 aromatic heterocycles. The van der Waals surface area contributed by atoms with Crippen LogP contribution >= 0.6 is 0 Å². The minimum Gasteiger partial charge on any atom is -0.429 e. The van der Waals surface area contributed by atoms with E-state index in [9.17, 15) is 26.3 Å². The number of rotatable bonds is 1. The molecule has 2 nitrogen and oxygen atoms in total. The molecule has 0 atom stereocenters. The quantitative estimate of drug-likeness (QED) is 0.302. The minimum absolute atomic E-state index is 0. The Kier molecular flexibility index (Phi) is 10.3. The first kappa shape index (κ1) is 21.5. The molecule has 1 rings (SSSR count). The predicted octanol–water partition coefficient (Wildman–Crippen LogP) is -1.01. The van der Waals surface area contributed by atoms with Crippen molar-refractivity contribution in [3.8, 4) is 0 Å². The fourth-order valence-corrected chi connectivity index (χ4v) is 0.887. The average molecular weight is 309 g/mol. The molecule has 1 radical (unpaired) electrons. The van der Waals surface area contributed by atoms with Gasteiger partial charge in [0.05, 0.1) is 5.82 Å². The van der Waals surface area contributed by atoms with Crippen LogP contribution < -0.4 is 51.4 Å². The first-order chi connectivity index (χ1) is 8.16. The van der Waals surface area contributed by atoms with E-state index < -0.39 is 34.8 Å². The number of allylic oxidation sites excluding steroid dienone is 1. The van der Waals surface area contributed by atoms with Crippen LogP contribution in [0, 0.1) is 24.0 Å². The molecule has 19 heavy (non-hydrogen) atoms. The molecule has 0 aliphatic carbocycles. The maximum Gasteiger partial charge on any atom is 1.00 e. The maximum atomic E-state index is 12.8. The molecule has 0 saturated carbocycles. The molecule has 0 aliphatic rings. The summed E-state index contributed by atoms with van der Waals surface area (Å²) in [5.41, 5.74) is -3.01. The molecule has 1 aromatic rings. The summed E-state index contributed by atoms with van der Waals surface area (Å²) >= 11 is 0. The molecule has 0 fully saturated rings. The van der Waals surface area contributed by atoms with Gasteiger partial charge < -0.3 is 10.0 Å². The van der Waals surface area contributed by atoms with E-state index in [1.165, 1.54) is 0 Å². The van der Waals surface area contributed by atoms with Crippen molar-refractivity contribution in [1.82, 2.24) is 0 Å². The van der Waals surface area contributed by atoms with Crippen LogP contribution in [0.4, 0.5) is 26.3 Å². The Balaban J connectivity index is 0. The second-order valence-electron chi connectivity index (χ2n) is 2.75. The molecule has 0 amide bonds. The van der Waals surface area contributed by atoms with Crippen molar-refractivity contribution in [3.05, 3.63) is 41.7 Å². The van der Waals surface area contributed by atoms with Gasteiger partial charge in [-0.1, -0.05) is 0 Å². The Morgan fingerprint density at radius 3 is 1.84 bits per heavy atom. The Morgan fingerprint density at radius 2 is 1.47 bits per heavy atom. The number of hydrogen-bond acceptors (Lipinski definition) is 2. The summed E-state index contributed by atoms with van der Waals surface area (Å²) in [6, 6.07) is 0.795. The van der Waals surface area contributed by atoms with Gasteiger partial charge in [-0.2, -0.15) is 13.2 Å². The Labute approximate surface area is 147 Å². The fourth-order valence-electron chi connectivity index (χ4n) is 0.887. The molecule has 10 heteroatoms. The third-order valence-electron chi connectivity index (χ3n) is 1.63. The van der Waals surface area contributed by atoms with Crippen molar-refractivity contribution in [2.75, 3.05) is 0 Å². The molecule has 0 saturated heterocycles. The molecule has 0 aliphatic heterocycles. The summed E-state index contributed by atoms with van der Waals surface area (Å²) in [5, 5.41) is 14.0. The van der Waals surface area contributed by atoms with Gasteiger partial charge in [-0.25, -0.2) is 13.2 Å². The van der Waals surface area contributed by atoms with Crippen LogP contribution in [0.25, 0.3) is 5.57 Å². The second kappa shape index (κ2) is 9.16. The smallest absolute Gasteiger partial charge is 0.429 e. The van der Waals surface area contributed by atoms with Crippen molar-refractivity contribution in [1.29, 1.82) is 0 Å².